The Morgan fingerprint density at radius 1 is 1.00 bits per heavy atom. The molecule has 0 heterocycles. The molecule has 2 heteroatoms. The molecule has 0 aliphatic carbocycles. The van der Waals surface area contributed by atoms with E-state index in [1.54, 1.807) is 0 Å². The monoisotopic (exact) mass is 285 g/mol. The maximum absolute atomic E-state index is 3.71. The van der Waals surface area contributed by atoms with E-state index < -0.39 is 0 Å². The molecule has 106 valence electrons. The first-order valence-electron chi connectivity index (χ1n) is 7.15. The van der Waals surface area contributed by atoms with Crippen molar-refractivity contribution in [3.05, 3.63) is 71.3 Å². The van der Waals surface area contributed by atoms with Crippen molar-refractivity contribution >= 4 is 11.8 Å². The quantitative estimate of drug-likeness (QED) is 0.755. The van der Waals surface area contributed by atoms with Crippen LogP contribution in [0.25, 0.3) is 0 Å². The Morgan fingerprint density at radius 3 is 2.40 bits per heavy atom. The molecule has 0 aromatic heterocycles. The topological polar surface area (TPSA) is 12.0 Å². The minimum absolute atomic E-state index is 0.291. The van der Waals surface area contributed by atoms with Crippen LogP contribution >= 0.6 is 11.8 Å². The van der Waals surface area contributed by atoms with Crippen molar-refractivity contribution in [2.24, 2.45) is 0 Å². The number of nitrogens with one attached hydrogen (secondary N) is 1. The highest BCUT2D eigenvalue weighted by atomic mass is 32.2. The lowest BCUT2D eigenvalue weighted by molar-refractivity contribution is 0.598. The molecule has 2 aromatic carbocycles. The van der Waals surface area contributed by atoms with Crippen molar-refractivity contribution in [2.45, 2.75) is 19.4 Å². The molecular weight excluding hydrogens is 262 g/mol. The van der Waals surface area contributed by atoms with Gasteiger partial charge >= 0.3 is 0 Å². The van der Waals surface area contributed by atoms with Crippen LogP contribution in [0, 0.1) is 6.92 Å². The van der Waals surface area contributed by atoms with Crippen LogP contribution < -0.4 is 5.32 Å². The number of rotatable bonds is 7. The molecule has 0 fully saturated rings. The number of hydrogen-bond donors (Lipinski definition) is 1. The third kappa shape index (κ3) is 4.12. The maximum atomic E-state index is 3.71. The van der Waals surface area contributed by atoms with Crippen LogP contribution in [0.2, 0.25) is 0 Å². The summed E-state index contributed by atoms with van der Waals surface area (Å²) in [5.41, 5.74) is 4.06. The van der Waals surface area contributed by atoms with E-state index in [2.05, 4.69) is 73.1 Å². The van der Waals surface area contributed by atoms with E-state index in [1.165, 1.54) is 28.9 Å². The van der Waals surface area contributed by atoms with E-state index in [1.807, 2.05) is 11.8 Å². The highest BCUT2D eigenvalue weighted by Gasteiger charge is 2.14. The zero-order valence-electron chi connectivity index (χ0n) is 12.3. The molecule has 0 spiro atoms. The summed E-state index contributed by atoms with van der Waals surface area (Å²) in [6.45, 7) is 3.24. The van der Waals surface area contributed by atoms with Crippen molar-refractivity contribution in [3.63, 3.8) is 0 Å². The van der Waals surface area contributed by atoms with Gasteiger partial charge in [-0.15, -0.1) is 0 Å². The molecule has 20 heavy (non-hydrogen) atoms. The van der Waals surface area contributed by atoms with Gasteiger partial charge in [0.05, 0.1) is 6.04 Å². The van der Waals surface area contributed by atoms with E-state index >= 15 is 0 Å². The summed E-state index contributed by atoms with van der Waals surface area (Å²) < 4.78 is 0. The fourth-order valence-corrected chi connectivity index (χ4v) is 2.86. The van der Waals surface area contributed by atoms with Gasteiger partial charge in [-0.25, -0.2) is 0 Å². The zero-order valence-corrected chi connectivity index (χ0v) is 13.1. The van der Waals surface area contributed by atoms with Crippen LogP contribution in [0.15, 0.2) is 54.6 Å². The van der Waals surface area contributed by atoms with E-state index in [9.17, 15) is 0 Å². The SMILES string of the molecule is CSCCCNC(c1ccccc1)c1ccccc1C. The number of benzene rings is 2. The first-order valence-corrected chi connectivity index (χ1v) is 8.55. The smallest absolute Gasteiger partial charge is 0.0579 e. The summed E-state index contributed by atoms with van der Waals surface area (Å²) >= 11 is 1.91. The van der Waals surface area contributed by atoms with Gasteiger partial charge in [0.1, 0.15) is 0 Å². The third-order valence-electron chi connectivity index (χ3n) is 3.51. The summed E-state index contributed by atoms with van der Waals surface area (Å²) in [6.07, 6.45) is 3.37. The molecule has 2 aromatic rings. The standard InChI is InChI=1S/C18H23NS/c1-15-9-6-7-12-17(15)18(19-13-8-14-20-2)16-10-4-3-5-11-16/h3-7,9-12,18-19H,8,13-14H2,1-2H3. The Morgan fingerprint density at radius 2 is 1.70 bits per heavy atom. The van der Waals surface area contributed by atoms with Crippen LogP contribution in [0.1, 0.15) is 29.2 Å². The van der Waals surface area contributed by atoms with Gasteiger partial charge in [-0.3, -0.25) is 0 Å². The van der Waals surface area contributed by atoms with E-state index in [-0.39, 0.29) is 0 Å². The zero-order chi connectivity index (χ0) is 14.2. The molecule has 0 aliphatic heterocycles. The Bertz CT molecular complexity index is 510. The Balaban J connectivity index is 2.19. The van der Waals surface area contributed by atoms with Gasteiger partial charge in [0.2, 0.25) is 0 Å². The first kappa shape index (κ1) is 15.1. The largest absolute Gasteiger partial charge is 0.306 e. The molecule has 0 aliphatic rings. The van der Waals surface area contributed by atoms with E-state index in [4.69, 9.17) is 0 Å². The number of thioether (sulfide) groups is 1. The molecule has 0 saturated heterocycles. The summed E-state index contributed by atoms with van der Waals surface area (Å²) in [4.78, 5) is 0. The molecular formula is C18H23NS. The van der Waals surface area contributed by atoms with Crippen LogP contribution in [0.3, 0.4) is 0 Å². The molecule has 1 unspecified atom stereocenters. The van der Waals surface area contributed by atoms with Gasteiger partial charge < -0.3 is 5.32 Å². The highest BCUT2D eigenvalue weighted by Crippen LogP contribution is 2.24. The second-order valence-electron chi connectivity index (χ2n) is 5.00. The average Bonchev–Trinajstić information content (AvgIpc) is 2.49. The molecule has 0 bridgehead atoms. The Labute approximate surface area is 126 Å². The summed E-state index contributed by atoms with van der Waals surface area (Å²) in [6, 6.07) is 19.7. The van der Waals surface area contributed by atoms with Crippen molar-refractivity contribution in [1.29, 1.82) is 0 Å². The van der Waals surface area contributed by atoms with Crippen molar-refractivity contribution in [2.75, 3.05) is 18.6 Å². The Kier molecular flexibility index (Phi) is 6.16. The molecule has 2 rings (SSSR count). The van der Waals surface area contributed by atoms with Crippen LogP contribution in [0.4, 0.5) is 0 Å². The van der Waals surface area contributed by atoms with E-state index in [0.29, 0.717) is 6.04 Å². The molecule has 0 radical (unpaired) electrons. The first-order chi connectivity index (χ1) is 9.83. The van der Waals surface area contributed by atoms with Gasteiger partial charge in [-0.05, 0) is 48.6 Å². The molecule has 0 saturated carbocycles. The molecule has 0 amide bonds. The fourth-order valence-electron chi connectivity index (χ4n) is 2.43. The number of hydrogen-bond acceptors (Lipinski definition) is 2. The molecule has 1 nitrogen and oxygen atoms in total. The minimum atomic E-state index is 0.291. The highest BCUT2D eigenvalue weighted by molar-refractivity contribution is 7.98. The minimum Gasteiger partial charge on any atom is -0.306 e. The normalized spacial score (nSPS) is 12.3. The second-order valence-corrected chi connectivity index (χ2v) is 5.99. The summed E-state index contributed by atoms with van der Waals surface area (Å²) in [5.74, 6) is 1.21. The fraction of sp³-hybridized carbons (Fsp3) is 0.333. The summed E-state index contributed by atoms with van der Waals surface area (Å²) in [7, 11) is 0. The van der Waals surface area contributed by atoms with Crippen LogP contribution in [0.5, 0.6) is 0 Å². The lowest BCUT2D eigenvalue weighted by Crippen LogP contribution is -2.24. The van der Waals surface area contributed by atoms with Crippen molar-refractivity contribution < 1.29 is 0 Å². The molecule has 1 atom stereocenters. The van der Waals surface area contributed by atoms with Gasteiger partial charge in [0.25, 0.3) is 0 Å². The van der Waals surface area contributed by atoms with Crippen LogP contribution in [-0.4, -0.2) is 18.6 Å². The number of aryl methyl sites for hydroxylation is 1. The maximum Gasteiger partial charge on any atom is 0.0579 e. The van der Waals surface area contributed by atoms with Gasteiger partial charge in [-0.1, -0.05) is 54.6 Å². The predicted molar refractivity (Wildman–Crippen MR) is 90.5 cm³/mol. The van der Waals surface area contributed by atoms with Gasteiger partial charge in [0, 0.05) is 0 Å². The van der Waals surface area contributed by atoms with Gasteiger partial charge in [0.15, 0.2) is 0 Å². The van der Waals surface area contributed by atoms with E-state index in [0.717, 1.165) is 6.54 Å². The van der Waals surface area contributed by atoms with Gasteiger partial charge in [-0.2, -0.15) is 11.8 Å². The molecule has 1 N–H and O–H groups in total. The summed E-state index contributed by atoms with van der Waals surface area (Å²) in [5, 5.41) is 3.71. The van der Waals surface area contributed by atoms with Crippen molar-refractivity contribution in [1.82, 2.24) is 5.32 Å². The van der Waals surface area contributed by atoms with Crippen molar-refractivity contribution in [3.8, 4) is 0 Å². The third-order valence-corrected chi connectivity index (χ3v) is 4.20. The van der Waals surface area contributed by atoms with Crippen LogP contribution in [-0.2, 0) is 0 Å². The second kappa shape index (κ2) is 8.13. The predicted octanol–water partition coefficient (Wildman–Crippen LogP) is 4.43. The Hall–Kier alpha value is -1.25. The average molecular weight is 285 g/mol. The lowest BCUT2D eigenvalue weighted by atomic mass is 9.95. The lowest BCUT2D eigenvalue weighted by Gasteiger charge is -2.21.